The van der Waals surface area contributed by atoms with Crippen molar-refractivity contribution in [2.45, 2.75) is 27.3 Å². The molecule has 2 rings (SSSR count). The summed E-state index contributed by atoms with van der Waals surface area (Å²) in [5, 5.41) is 2.89. The predicted octanol–water partition coefficient (Wildman–Crippen LogP) is 3.31. The summed E-state index contributed by atoms with van der Waals surface area (Å²) in [6, 6.07) is 17.5. The van der Waals surface area contributed by atoms with Crippen molar-refractivity contribution in [3.63, 3.8) is 0 Å². The van der Waals surface area contributed by atoms with Crippen LogP contribution < -0.4 is 5.01 Å². The van der Waals surface area contributed by atoms with Crippen LogP contribution in [-0.2, 0) is 16.1 Å². The first-order valence-electron chi connectivity index (χ1n) is 7.18. The fourth-order valence-electron chi connectivity index (χ4n) is 2.31. The van der Waals surface area contributed by atoms with E-state index in [9.17, 15) is 9.59 Å². The number of amides is 2. The van der Waals surface area contributed by atoms with E-state index in [0.717, 1.165) is 16.8 Å². The molecule has 0 unspecified atom stereocenters. The highest BCUT2D eigenvalue weighted by molar-refractivity contribution is 5.94. The van der Waals surface area contributed by atoms with E-state index >= 15 is 0 Å². The van der Waals surface area contributed by atoms with E-state index in [-0.39, 0.29) is 11.8 Å². The second-order valence-corrected chi connectivity index (χ2v) is 5.23. The fourth-order valence-corrected chi connectivity index (χ4v) is 2.31. The lowest BCUT2D eigenvalue weighted by atomic mass is 10.2. The van der Waals surface area contributed by atoms with E-state index < -0.39 is 0 Å². The summed E-state index contributed by atoms with van der Waals surface area (Å²) in [4.78, 5) is 23.8. The first kappa shape index (κ1) is 15.8. The number of hydrogen-bond acceptors (Lipinski definition) is 3. The first-order valence-corrected chi connectivity index (χ1v) is 7.18. The molecule has 0 aliphatic heterocycles. The summed E-state index contributed by atoms with van der Waals surface area (Å²) in [5.74, 6) is -0.604. The van der Waals surface area contributed by atoms with Gasteiger partial charge >= 0.3 is 0 Å². The van der Waals surface area contributed by atoms with Gasteiger partial charge in [-0.15, -0.1) is 0 Å². The number of hydrazine groups is 1. The molecule has 0 heterocycles. The molecule has 0 bridgehead atoms. The summed E-state index contributed by atoms with van der Waals surface area (Å²) >= 11 is 0. The molecule has 0 aliphatic carbocycles. The van der Waals surface area contributed by atoms with Gasteiger partial charge < -0.3 is 0 Å². The molecular weight excluding hydrogens is 276 g/mol. The van der Waals surface area contributed by atoms with Gasteiger partial charge in [0.05, 0.1) is 12.2 Å². The number of rotatable bonds is 4. The van der Waals surface area contributed by atoms with Crippen LogP contribution in [0.25, 0.3) is 0 Å². The van der Waals surface area contributed by atoms with Crippen LogP contribution in [0.1, 0.15) is 25.0 Å². The number of hydrogen-bond donors (Lipinski definition) is 0. The molecule has 0 aromatic heterocycles. The van der Waals surface area contributed by atoms with Crippen molar-refractivity contribution >= 4 is 17.5 Å². The third-order valence-corrected chi connectivity index (χ3v) is 3.35. The molecule has 0 spiro atoms. The maximum absolute atomic E-state index is 11.9. The number of benzene rings is 2. The Hall–Kier alpha value is -2.62. The second-order valence-electron chi connectivity index (χ2n) is 5.23. The molecule has 0 atom stereocenters. The molecule has 4 heteroatoms. The van der Waals surface area contributed by atoms with Crippen LogP contribution in [0.3, 0.4) is 0 Å². The molecule has 114 valence electrons. The van der Waals surface area contributed by atoms with Crippen molar-refractivity contribution in [2.24, 2.45) is 0 Å². The van der Waals surface area contributed by atoms with Gasteiger partial charge in [0.15, 0.2) is 0 Å². The van der Waals surface area contributed by atoms with Gasteiger partial charge in [-0.05, 0) is 24.6 Å². The molecule has 0 fully saturated rings. The number of carbonyl (C=O) groups is 2. The number of nitrogens with zero attached hydrogens (tertiary/aromatic N) is 2. The smallest absolute Gasteiger partial charge is 0.245 e. The average Bonchev–Trinajstić information content (AvgIpc) is 2.47. The summed E-state index contributed by atoms with van der Waals surface area (Å²) in [6.07, 6.45) is 0. The van der Waals surface area contributed by atoms with Crippen LogP contribution >= 0.6 is 0 Å². The summed E-state index contributed by atoms with van der Waals surface area (Å²) in [6.45, 7) is 5.24. The van der Waals surface area contributed by atoms with E-state index in [4.69, 9.17) is 0 Å². The molecule has 0 aliphatic rings. The Bertz CT molecular complexity index is 637. The zero-order valence-electron chi connectivity index (χ0n) is 13.1. The maximum Gasteiger partial charge on any atom is 0.245 e. The number of carbonyl (C=O) groups excluding carboxylic acids is 2. The Kier molecular flexibility index (Phi) is 4.94. The summed E-state index contributed by atoms with van der Waals surface area (Å²) in [7, 11) is 0. The Morgan fingerprint density at radius 1 is 0.864 bits per heavy atom. The second kappa shape index (κ2) is 6.89. The summed E-state index contributed by atoms with van der Waals surface area (Å²) in [5.41, 5.74) is 2.95. The fraction of sp³-hybridized carbons (Fsp3) is 0.222. The quantitative estimate of drug-likeness (QED) is 0.813. The molecule has 4 nitrogen and oxygen atoms in total. The highest BCUT2D eigenvalue weighted by Crippen LogP contribution is 2.21. The first-order chi connectivity index (χ1) is 10.5. The van der Waals surface area contributed by atoms with Gasteiger partial charge in [-0.3, -0.25) is 14.6 Å². The van der Waals surface area contributed by atoms with Gasteiger partial charge in [0.2, 0.25) is 11.8 Å². The van der Waals surface area contributed by atoms with Crippen molar-refractivity contribution in [1.82, 2.24) is 5.01 Å². The third kappa shape index (κ3) is 3.73. The van der Waals surface area contributed by atoms with E-state index in [1.807, 2.05) is 61.5 Å². The minimum absolute atomic E-state index is 0.302. The summed E-state index contributed by atoms with van der Waals surface area (Å²) < 4.78 is 0. The van der Waals surface area contributed by atoms with Crippen LogP contribution in [0.2, 0.25) is 0 Å². The van der Waals surface area contributed by atoms with Crippen LogP contribution in [0, 0.1) is 6.92 Å². The molecule has 2 aromatic rings. The van der Waals surface area contributed by atoms with Crippen molar-refractivity contribution in [3.8, 4) is 0 Å². The van der Waals surface area contributed by atoms with E-state index in [2.05, 4.69) is 0 Å². The molecule has 22 heavy (non-hydrogen) atoms. The van der Waals surface area contributed by atoms with Gasteiger partial charge in [0.25, 0.3) is 0 Å². The lowest BCUT2D eigenvalue weighted by Gasteiger charge is -2.33. The van der Waals surface area contributed by atoms with Crippen molar-refractivity contribution in [2.75, 3.05) is 5.01 Å². The Morgan fingerprint density at radius 3 is 1.91 bits per heavy atom. The lowest BCUT2D eigenvalue weighted by molar-refractivity contribution is -0.143. The van der Waals surface area contributed by atoms with Crippen molar-refractivity contribution in [1.29, 1.82) is 0 Å². The molecule has 0 saturated carbocycles. The molecule has 2 amide bonds. The standard InChI is InChI=1S/C18H20N2O2/c1-14-9-11-18(12-10-14)19(20(15(2)21)16(3)22)13-17-7-5-4-6-8-17/h4-12H,13H2,1-3H3. The Balaban J connectivity index is 2.41. The van der Waals surface area contributed by atoms with Gasteiger partial charge in [-0.1, -0.05) is 48.0 Å². The van der Waals surface area contributed by atoms with E-state index in [1.165, 1.54) is 18.9 Å². The average molecular weight is 296 g/mol. The molecule has 2 aromatic carbocycles. The predicted molar refractivity (Wildman–Crippen MR) is 87.0 cm³/mol. The van der Waals surface area contributed by atoms with Gasteiger partial charge in [-0.25, -0.2) is 0 Å². The van der Waals surface area contributed by atoms with Gasteiger partial charge in [0, 0.05) is 13.8 Å². The van der Waals surface area contributed by atoms with Gasteiger partial charge in [-0.2, -0.15) is 5.01 Å². The monoisotopic (exact) mass is 296 g/mol. The number of anilines is 1. The largest absolute Gasteiger partial charge is 0.273 e. The molecule has 0 radical (unpaired) electrons. The number of aryl methyl sites for hydroxylation is 1. The van der Waals surface area contributed by atoms with Crippen molar-refractivity contribution < 1.29 is 9.59 Å². The van der Waals surface area contributed by atoms with E-state index in [1.54, 1.807) is 5.01 Å². The minimum atomic E-state index is -0.302. The van der Waals surface area contributed by atoms with Crippen LogP contribution in [0.4, 0.5) is 5.69 Å². The Labute approximate surface area is 130 Å². The van der Waals surface area contributed by atoms with Crippen LogP contribution in [0.5, 0.6) is 0 Å². The van der Waals surface area contributed by atoms with Crippen LogP contribution in [-0.4, -0.2) is 16.8 Å². The molecular formula is C18H20N2O2. The highest BCUT2D eigenvalue weighted by Gasteiger charge is 2.23. The zero-order chi connectivity index (χ0) is 16.1. The third-order valence-electron chi connectivity index (χ3n) is 3.35. The lowest BCUT2D eigenvalue weighted by Crippen LogP contribution is -2.48. The normalized spacial score (nSPS) is 10.1. The number of imide groups is 1. The topological polar surface area (TPSA) is 40.6 Å². The maximum atomic E-state index is 11.9. The van der Waals surface area contributed by atoms with E-state index in [0.29, 0.717) is 6.54 Å². The molecule has 0 saturated heterocycles. The highest BCUT2D eigenvalue weighted by atomic mass is 16.2. The minimum Gasteiger partial charge on any atom is -0.273 e. The Morgan fingerprint density at radius 2 is 1.41 bits per heavy atom. The van der Waals surface area contributed by atoms with Crippen molar-refractivity contribution in [3.05, 3.63) is 65.7 Å². The van der Waals surface area contributed by atoms with Crippen LogP contribution in [0.15, 0.2) is 54.6 Å². The SMILES string of the molecule is CC(=O)N(C(C)=O)N(Cc1ccccc1)c1ccc(C)cc1. The molecule has 0 N–H and O–H groups in total. The van der Waals surface area contributed by atoms with Gasteiger partial charge in [0.1, 0.15) is 0 Å². The zero-order valence-corrected chi connectivity index (χ0v) is 13.1.